The van der Waals surface area contributed by atoms with Gasteiger partial charge in [0.1, 0.15) is 17.9 Å². The zero-order valence-electron chi connectivity index (χ0n) is 18.2. The van der Waals surface area contributed by atoms with Crippen molar-refractivity contribution in [3.8, 4) is 5.75 Å². The first kappa shape index (κ1) is 23.7. The van der Waals surface area contributed by atoms with Gasteiger partial charge in [0.15, 0.2) is 0 Å². The van der Waals surface area contributed by atoms with Gasteiger partial charge < -0.3 is 4.74 Å². The largest absolute Gasteiger partial charge is 0.487 e. The first-order valence-electron chi connectivity index (χ1n) is 10.5. The van der Waals surface area contributed by atoms with Gasteiger partial charge in [0.2, 0.25) is 0 Å². The lowest BCUT2D eigenvalue weighted by atomic mass is 10.1. The van der Waals surface area contributed by atoms with E-state index in [0.717, 1.165) is 26.9 Å². The lowest BCUT2D eigenvalue weighted by Crippen LogP contribution is -2.54. The maximum atomic E-state index is 13.1. The Bertz CT molecular complexity index is 1300. The number of benzene rings is 3. The van der Waals surface area contributed by atoms with Crippen LogP contribution in [-0.2, 0) is 22.6 Å². The molecule has 1 aliphatic rings. The lowest BCUT2D eigenvalue weighted by Gasteiger charge is -2.26. The fourth-order valence-electron chi connectivity index (χ4n) is 3.43. The molecule has 8 heteroatoms. The number of urea groups is 1. The van der Waals surface area contributed by atoms with Crippen LogP contribution in [0.4, 0.5) is 10.5 Å². The minimum absolute atomic E-state index is 0.169. The van der Waals surface area contributed by atoms with Gasteiger partial charge in [-0.1, -0.05) is 70.9 Å². The number of nitrogens with one attached hydrogen (secondary N) is 1. The molecule has 1 fully saturated rings. The number of halogens is 2. The molecule has 0 spiro atoms. The average molecular weight is 540 g/mol. The average Bonchev–Trinajstić information content (AvgIpc) is 2.82. The molecule has 0 saturated carbocycles. The molecule has 1 saturated heterocycles. The van der Waals surface area contributed by atoms with Crippen molar-refractivity contribution in [2.75, 3.05) is 4.90 Å². The number of ether oxygens (including phenoxy) is 1. The predicted octanol–water partition coefficient (Wildman–Crippen LogP) is 5.91. The van der Waals surface area contributed by atoms with Gasteiger partial charge in [0, 0.05) is 10.0 Å². The van der Waals surface area contributed by atoms with Crippen LogP contribution >= 0.6 is 27.5 Å². The Morgan fingerprint density at radius 3 is 2.44 bits per heavy atom. The normalized spacial score (nSPS) is 15.0. The zero-order valence-corrected chi connectivity index (χ0v) is 20.5. The van der Waals surface area contributed by atoms with Crippen molar-refractivity contribution in [3.63, 3.8) is 0 Å². The Balaban J connectivity index is 1.56. The topological polar surface area (TPSA) is 75.7 Å². The lowest BCUT2D eigenvalue weighted by molar-refractivity contribution is -0.122. The standard InChI is InChI=1S/C26H20BrClN2O4/c1-2-16-7-10-19(11-8-16)30-25(32)20(24(31)29-26(30)33)13-17-9-12-23(22(28)14-17)34-15-18-5-3-4-6-21(18)27/h3-14H,2,15H2,1H3,(H,29,31,33)/b20-13+. The molecule has 1 N–H and O–H groups in total. The van der Waals surface area contributed by atoms with E-state index in [-0.39, 0.29) is 5.57 Å². The molecule has 3 aromatic carbocycles. The molecule has 0 atom stereocenters. The van der Waals surface area contributed by atoms with E-state index in [9.17, 15) is 14.4 Å². The maximum absolute atomic E-state index is 13.1. The summed E-state index contributed by atoms with van der Waals surface area (Å²) in [6.07, 6.45) is 2.23. The van der Waals surface area contributed by atoms with Crippen molar-refractivity contribution in [1.29, 1.82) is 0 Å². The summed E-state index contributed by atoms with van der Waals surface area (Å²) in [7, 11) is 0. The molecule has 0 aliphatic carbocycles. The quantitative estimate of drug-likeness (QED) is 0.312. The number of hydrogen-bond acceptors (Lipinski definition) is 4. The highest BCUT2D eigenvalue weighted by Gasteiger charge is 2.36. The Kier molecular flexibility index (Phi) is 7.14. The maximum Gasteiger partial charge on any atom is 0.335 e. The molecule has 3 aromatic rings. The van der Waals surface area contributed by atoms with Crippen molar-refractivity contribution in [2.24, 2.45) is 0 Å². The number of imide groups is 2. The summed E-state index contributed by atoms with van der Waals surface area (Å²) in [5.41, 5.74) is 2.76. The molecule has 172 valence electrons. The highest BCUT2D eigenvalue weighted by atomic mass is 79.9. The second kappa shape index (κ2) is 10.2. The van der Waals surface area contributed by atoms with E-state index in [1.54, 1.807) is 30.3 Å². The summed E-state index contributed by atoms with van der Waals surface area (Å²) in [6, 6.07) is 18.9. The molecule has 0 unspecified atom stereocenters. The molecule has 34 heavy (non-hydrogen) atoms. The predicted molar refractivity (Wildman–Crippen MR) is 135 cm³/mol. The van der Waals surface area contributed by atoms with E-state index in [0.29, 0.717) is 28.6 Å². The van der Waals surface area contributed by atoms with Crippen LogP contribution in [0.1, 0.15) is 23.6 Å². The molecule has 0 radical (unpaired) electrons. The summed E-state index contributed by atoms with van der Waals surface area (Å²) in [6.45, 7) is 2.33. The monoisotopic (exact) mass is 538 g/mol. The molecule has 4 amide bonds. The number of amides is 4. The summed E-state index contributed by atoms with van der Waals surface area (Å²) in [5.74, 6) is -1.00. The van der Waals surface area contributed by atoms with Crippen molar-refractivity contribution >= 4 is 57.1 Å². The minimum atomic E-state index is -0.787. The summed E-state index contributed by atoms with van der Waals surface area (Å²) in [5, 5.41) is 2.55. The van der Waals surface area contributed by atoms with E-state index in [1.807, 2.05) is 43.3 Å². The van der Waals surface area contributed by atoms with Crippen molar-refractivity contribution in [3.05, 3.63) is 98.5 Å². The number of aryl methyl sites for hydroxylation is 1. The number of carbonyl (C=O) groups excluding carboxylic acids is 3. The molecule has 1 heterocycles. The van der Waals surface area contributed by atoms with Crippen LogP contribution in [0.15, 0.2) is 76.8 Å². The second-order valence-electron chi connectivity index (χ2n) is 7.55. The van der Waals surface area contributed by atoms with Crippen molar-refractivity contribution < 1.29 is 19.1 Å². The zero-order chi connectivity index (χ0) is 24.2. The Morgan fingerprint density at radius 2 is 1.76 bits per heavy atom. The fourth-order valence-corrected chi connectivity index (χ4v) is 4.08. The van der Waals surface area contributed by atoms with E-state index in [2.05, 4.69) is 21.2 Å². The van der Waals surface area contributed by atoms with Gasteiger partial charge in [0.05, 0.1) is 10.7 Å². The number of barbiturate groups is 1. The molecular formula is C26H20BrClN2O4. The smallest absolute Gasteiger partial charge is 0.335 e. The van der Waals surface area contributed by atoms with Gasteiger partial charge in [-0.05, 0) is 54.0 Å². The third-order valence-corrected chi connectivity index (χ3v) is 6.38. The van der Waals surface area contributed by atoms with Gasteiger partial charge >= 0.3 is 6.03 Å². The molecular weight excluding hydrogens is 520 g/mol. The number of rotatable bonds is 6. The van der Waals surface area contributed by atoms with Crippen LogP contribution in [0.25, 0.3) is 6.08 Å². The first-order chi connectivity index (χ1) is 16.4. The van der Waals surface area contributed by atoms with Crippen molar-refractivity contribution in [2.45, 2.75) is 20.0 Å². The molecule has 6 nitrogen and oxygen atoms in total. The van der Waals surface area contributed by atoms with Gasteiger partial charge in [-0.2, -0.15) is 0 Å². The van der Waals surface area contributed by atoms with E-state index >= 15 is 0 Å². The number of anilines is 1. The number of hydrogen-bond donors (Lipinski definition) is 1. The highest BCUT2D eigenvalue weighted by Crippen LogP contribution is 2.29. The number of nitrogens with zero attached hydrogens (tertiary/aromatic N) is 1. The summed E-state index contributed by atoms with van der Waals surface area (Å²) < 4.78 is 6.75. The van der Waals surface area contributed by atoms with Crippen molar-refractivity contribution in [1.82, 2.24) is 5.32 Å². The third kappa shape index (κ3) is 5.05. The molecule has 0 bridgehead atoms. The van der Waals surface area contributed by atoms with Crippen LogP contribution in [0.2, 0.25) is 5.02 Å². The van der Waals surface area contributed by atoms with Crippen LogP contribution in [0.3, 0.4) is 0 Å². The van der Waals surface area contributed by atoms with Gasteiger partial charge in [-0.3, -0.25) is 14.9 Å². The van der Waals surface area contributed by atoms with Gasteiger partial charge in [-0.25, -0.2) is 9.69 Å². The molecule has 0 aromatic heterocycles. The van der Waals surface area contributed by atoms with Crippen LogP contribution in [0.5, 0.6) is 5.75 Å². The van der Waals surface area contributed by atoms with Crippen LogP contribution in [-0.4, -0.2) is 17.8 Å². The van der Waals surface area contributed by atoms with Gasteiger partial charge in [0.25, 0.3) is 11.8 Å². The Morgan fingerprint density at radius 1 is 1.03 bits per heavy atom. The fraction of sp³-hybridized carbons (Fsp3) is 0.115. The van der Waals surface area contributed by atoms with Crippen LogP contribution in [0, 0.1) is 0 Å². The SMILES string of the molecule is CCc1ccc(N2C(=O)NC(=O)/C(=C\c3ccc(OCc4ccccc4Br)c(Cl)c3)C2=O)cc1. The summed E-state index contributed by atoms with van der Waals surface area (Å²) >= 11 is 9.87. The minimum Gasteiger partial charge on any atom is -0.487 e. The summed E-state index contributed by atoms with van der Waals surface area (Å²) in [4.78, 5) is 38.8. The van der Waals surface area contributed by atoms with E-state index in [4.69, 9.17) is 16.3 Å². The highest BCUT2D eigenvalue weighted by molar-refractivity contribution is 9.10. The van der Waals surface area contributed by atoms with Crippen LogP contribution < -0.4 is 15.0 Å². The second-order valence-corrected chi connectivity index (χ2v) is 8.81. The number of carbonyl (C=O) groups is 3. The molecule has 1 aliphatic heterocycles. The Labute approximate surface area is 210 Å². The third-order valence-electron chi connectivity index (χ3n) is 5.31. The van der Waals surface area contributed by atoms with Gasteiger partial charge in [-0.15, -0.1) is 0 Å². The Hall–Kier alpha value is -3.42. The molecule has 4 rings (SSSR count). The van der Waals surface area contributed by atoms with E-state index < -0.39 is 17.8 Å². The first-order valence-corrected chi connectivity index (χ1v) is 11.7. The van der Waals surface area contributed by atoms with E-state index in [1.165, 1.54) is 6.08 Å².